The number of nitrogens with zero attached hydrogens (tertiary/aromatic N) is 5. The minimum absolute atomic E-state index is 0.469. The lowest BCUT2D eigenvalue weighted by Crippen LogP contribution is -2.33. The van der Waals surface area contributed by atoms with Gasteiger partial charge >= 0.3 is 0 Å². The van der Waals surface area contributed by atoms with E-state index in [0.29, 0.717) is 11.9 Å². The summed E-state index contributed by atoms with van der Waals surface area (Å²) in [5, 5.41) is 8.77. The average Bonchev–Trinajstić information content (AvgIpc) is 3.32. The molecule has 3 heterocycles. The first kappa shape index (κ1) is 16.0. The van der Waals surface area contributed by atoms with Crippen LogP contribution in [0.25, 0.3) is 11.5 Å². The third-order valence-electron chi connectivity index (χ3n) is 4.82. The third kappa shape index (κ3) is 3.49. The molecule has 0 spiro atoms. The summed E-state index contributed by atoms with van der Waals surface area (Å²) >= 11 is 0. The van der Waals surface area contributed by atoms with Crippen LogP contribution in [0.3, 0.4) is 0 Å². The Balaban J connectivity index is 1.45. The van der Waals surface area contributed by atoms with Crippen molar-refractivity contribution in [2.24, 2.45) is 0 Å². The van der Waals surface area contributed by atoms with Crippen LogP contribution in [0.1, 0.15) is 30.1 Å². The molecule has 0 aliphatic carbocycles. The number of aryl methyl sites for hydroxylation is 2. The molecule has 1 aromatic carbocycles. The Hall–Kier alpha value is -2.47. The van der Waals surface area contributed by atoms with E-state index in [1.807, 2.05) is 37.3 Å². The molecule has 0 bridgehead atoms. The van der Waals surface area contributed by atoms with Gasteiger partial charge in [-0.3, -0.25) is 9.58 Å². The van der Waals surface area contributed by atoms with Gasteiger partial charge in [-0.15, -0.1) is 0 Å². The topological polar surface area (TPSA) is 60.0 Å². The van der Waals surface area contributed by atoms with Crippen LogP contribution in [0.4, 0.5) is 0 Å². The molecule has 2 aromatic heterocycles. The van der Waals surface area contributed by atoms with Gasteiger partial charge in [0.05, 0.1) is 18.8 Å². The average molecular weight is 337 g/mol. The van der Waals surface area contributed by atoms with E-state index in [1.165, 1.54) is 18.5 Å². The molecule has 0 amide bonds. The number of hydrogen-bond donors (Lipinski definition) is 0. The standard InChI is InChI=1S/C19H23N5O/c1-14-11-15(2)24(21-14)12-17-9-6-10-23(17)13-18-20-19(25-22-18)16-7-4-3-5-8-16/h3-5,7-8,11,17H,6,9-10,12-13H2,1-2H3/t17-/m1/s1. The highest BCUT2D eigenvalue weighted by Gasteiger charge is 2.27. The van der Waals surface area contributed by atoms with Gasteiger partial charge < -0.3 is 4.52 Å². The van der Waals surface area contributed by atoms with E-state index in [0.717, 1.165) is 36.7 Å². The zero-order valence-electron chi connectivity index (χ0n) is 14.7. The van der Waals surface area contributed by atoms with Gasteiger partial charge in [-0.2, -0.15) is 10.1 Å². The largest absolute Gasteiger partial charge is 0.334 e. The zero-order chi connectivity index (χ0) is 17.2. The quantitative estimate of drug-likeness (QED) is 0.715. The fourth-order valence-electron chi connectivity index (χ4n) is 3.57. The van der Waals surface area contributed by atoms with E-state index in [4.69, 9.17) is 4.52 Å². The van der Waals surface area contributed by atoms with Crippen molar-refractivity contribution in [3.05, 3.63) is 53.6 Å². The number of benzene rings is 1. The summed E-state index contributed by atoms with van der Waals surface area (Å²) in [6.45, 7) is 6.87. The molecule has 6 nitrogen and oxygen atoms in total. The smallest absolute Gasteiger partial charge is 0.257 e. The highest BCUT2D eigenvalue weighted by molar-refractivity contribution is 5.51. The van der Waals surface area contributed by atoms with Crippen LogP contribution in [-0.4, -0.2) is 37.4 Å². The highest BCUT2D eigenvalue weighted by Crippen LogP contribution is 2.23. The second-order valence-corrected chi connectivity index (χ2v) is 6.76. The molecule has 1 atom stereocenters. The van der Waals surface area contributed by atoms with Crippen LogP contribution in [0.2, 0.25) is 0 Å². The first-order valence-corrected chi connectivity index (χ1v) is 8.82. The number of aromatic nitrogens is 4. The Morgan fingerprint density at radius 3 is 2.80 bits per heavy atom. The summed E-state index contributed by atoms with van der Waals surface area (Å²) in [4.78, 5) is 7.01. The second kappa shape index (κ2) is 6.80. The monoisotopic (exact) mass is 337 g/mol. The van der Waals surface area contributed by atoms with Gasteiger partial charge in [-0.05, 0) is 51.4 Å². The predicted molar refractivity (Wildman–Crippen MR) is 94.9 cm³/mol. The molecule has 25 heavy (non-hydrogen) atoms. The summed E-state index contributed by atoms with van der Waals surface area (Å²) in [5.74, 6) is 1.34. The molecule has 4 rings (SSSR count). The van der Waals surface area contributed by atoms with Gasteiger partial charge in [-0.25, -0.2) is 0 Å². The minimum atomic E-state index is 0.469. The van der Waals surface area contributed by atoms with Crippen molar-refractivity contribution in [3.63, 3.8) is 0 Å². The first-order chi connectivity index (χ1) is 12.2. The van der Waals surface area contributed by atoms with Crippen LogP contribution < -0.4 is 0 Å². The van der Waals surface area contributed by atoms with Gasteiger partial charge in [0.1, 0.15) is 0 Å². The maximum atomic E-state index is 5.43. The Morgan fingerprint density at radius 2 is 2.04 bits per heavy atom. The van der Waals surface area contributed by atoms with Gasteiger partial charge in [0.25, 0.3) is 5.89 Å². The normalized spacial score (nSPS) is 18.1. The molecule has 1 fully saturated rings. The summed E-state index contributed by atoms with van der Waals surface area (Å²) in [5.41, 5.74) is 3.25. The van der Waals surface area contributed by atoms with Crippen molar-refractivity contribution in [1.29, 1.82) is 0 Å². The van der Waals surface area contributed by atoms with Crippen molar-refractivity contribution in [1.82, 2.24) is 24.8 Å². The second-order valence-electron chi connectivity index (χ2n) is 6.76. The molecule has 3 aromatic rings. The van der Waals surface area contributed by atoms with Crippen LogP contribution in [-0.2, 0) is 13.1 Å². The summed E-state index contributed by atoms with van der Waals surface area (Å²) < 4.78 is 7.55. The molecule has 6 heteroatoms. The third-order valence-corrected chi connectivity index (χ3v) is 4.82. The maximum absolute atomic E-state index is 5.43. The van der Waals surface area contributed by atoms with Gasteiger partial charge in [0.15, 0.2) is 5.82 Å². The minimum Gasteiger partial charge on any atom is -0.334 e. The number of hydrogen-bond acceptors (Lipinski definition) is 5. The molecule has 1 aliphatic heterocycles. The van der Waals surface area contributed by atoms with E-state index >= 15 is 0 Å². The summed E-state index contributed by atoms with van der Waals surface area (Å²) in [7, 11) is 0. The van der Waals surface area contributed by atoms with Crippen LogP contribution >= 0.6 is 0 Å². The Bertz CT molecular complexity index is 839. The van der Waals surface area contributed by atoms with Crippen molar-refractivity contribution in [3.8, 4) is 11.5 Å². The fraction of sp³-hybridized carbons (Fsp3) is 0.421. The van der Waals surface area contributed by atoms with Gasteiger partial charge in [0, 0.05) is 17.3 Å². The SMILES string of the molecule is Cc1cc(C)n(C[C@H]2CCCN2Cc2noc(-c3ccccc3)n2)n1. The van der Waals surface area contributed by atoms with Crippen LogP contribution in [0.15, 0.2) is 40.9 Å². The van der Waals surface area contributed by atoms with Crippen molar-refractivity contribution in [2.45, 2.75) is 45.8 Å². The number of rotatable bonds is 5. The summed E-state index contributed by atoms with van der Waals surface area (Å²) in [6, 6.07) is 12.5. The lowest BCUT2D eigenvalue weighted by molar-refractivity contribution is 0.210. The van der Waals surface area contributed by atoms with E-state index in [1.54, 1.807) is 0 Å². The Kier molecular flexibility index (Phi) is 4.36. The first-order valence-electron chi connectivity index (χ1n) is 8.82. The molecular weight excluding hydrogens is 314 g/mol. The van der Waals surface area contributed by atoms with Crippen LogP contribution in [0, 0.1) is 13.8 Å². The van der Waals surface area contributed by atoms with Crippen molar-refractivity contribution >= 4 is 0 Å². The zero-order valence-corrected chi connectivity index (χ0v) is 14.7. The van der Waals surface area contributed by atoms with Gasteiger partial charge in [0.2, 0.25) is 0 Å². The molecule has 0 unspecified atom stereocenters. The van der Waals surface area contributed by atoms with Gasteiger partial charge in [-0.1, -0.05) is 23.4 Å². The molecule has 1 aliphatic rings. The van der Waals surface area contributed by atoms with E-state index in [-0.39, 0.29) is 0 Å². The lowest BCUT2D eigenvalue weighted by Gasteiger charge is -2.23. The summed E-state index contributed by atoms with van der Waals surface area (Å²) in [6.07, 6.45) is 2.38. The Labute approximate surface area is 147 Å². The molecule has 130 valence electrons. The van der Waals surface area contributed by atoms with Crippen LogP contribution in [0.5, 0.6) is 0 Å². The maximum Gasteiger partial charge on any atom is 0.257 e. The number of likely N-dealkylation sites (tertiary alicyclic amines) is 1. The van der Waals surface area contributed by atoms with E-state index in [2.05, 4.69) is 37.8 Å². The van der Waals surface area contributed by atoms with E-state index in [9.17, 15) is 0 Å². The molecule has 0 radical (unpaired) electrons. The molecule has 1 saturated heterocycles. The molecule has 0 saturated carbocycles. The van der Waals surface area contributed by atoms with Crippen molar-refractivity contribution < 1.29 is 4.52 Å². The molecular formula is C19H23N5O. The highest BCUT2D eigenvalue weighted by atomic mass is 16.5. The Morgan fingerprint density at radius 1 is 1.20 bits per heavy atom. The van der Waals surface area contributed by atoms with Crippen molar-refractivity contribution in [2.75, 3.05) is 6.54 Å². The van der Waals surface area contributed by atoms with E-state index < -0.39 is 0 Å². The predicted octanol–water partition coefficient (Wildman–Crippen LogP) is 3.21. The molecule has 0 N–H and O–H groups in total. The fourth-order valence-corrected chi connectivity index (χ4v) is 3.57. The lowest BCUT2D eigenvalue weighted by atomic mass is 10.2.